The monoisotopic (exact) mass is 293 g/mol. The van der Waals surface area contributed by atoms with E-state index in [0.717, 1.165) is 11.1 Å². The molecular formula is C18H15NO3. The number of benzene rings is 2. The van der Waals surface area contributed by atoms with Gasteiger partial charge in [0, 0.05) is 5.56 Å². The van der Waals surface area contributed by atoms with Crippen LogP contribution in [0.2, 0.25) is 0 Å². The molecule has 22 heavy (non-hydrogen) atoms. The van der Waals surface area contributed by atoms with Gasteiger partial charge in [0.05, 0.1) is 23.8 Å². The zero-order chi connectivity index (χ0) is 16.1. The summed E-state index contributed by atoms with van der Waals surface area (Å²) in [5.74, 6) is -0.467. The molecule has 0 aliphatic rings. The Kier molecular flexibility index (Phi) is 4.70. The van der Waals surface area contributed by atoms with Gasteiger partial charge in [-0.3, -0.25) is 4.79 Å². The Morgan fingerprint density at radius 3 is 2.27 bits per heavy atom. The standard InChI is InChI=1S/C18H15NO3/c1-3-22-18(21)17-9-13(11-19)8-16(10-17)15-6-4-14(5-7-15)12(2)20/h4-10H,3H2,1-2H3. The van der Waals surface area contributed by atoms with Crippen molar-refractivity contribution in [2.75, 3.05) is 6.61 Å². The van der Waals surface area contributed by atoms with Crippen LogP contribution in [0.3, 0.4) is 0 Å². The Hall–Kier alpha value is -2.93. The van der Waals surface area contributed by atoms with E-state index >= 15 is 0 Å². The van der Waals surface area contributed by atoms with Crippen LogP contribution in [0.1, 0.15) is 40.1 Å². The second-order valence-electron chi connectivity index (χ2n) is 4.76. The van der Waals surface area contributed by atoms with Gasteiger partial charge in [-0.05, 0) is 43.2 Å². The van der Waals surface area contributed by atoms with Crippen molar-refractivity contribution in [3.05, 3.63) is 59.2 Å². The van der Waals surface area contributed by atoms with Crippen molar-refractivity contribution in [1.29, 1.82) is 5.26 Å². The molecule has 0 N–H and O–H groups in total. The second kappa shape index (κ2) is 6.68. The topological polar surface area (TPSA) is 67.2 Å². The number of nitrogens with zero attached hydrogens (tertiary/aromatic N) is 1. The summed E-state index contributed by atoms with van der Waals surface area (Å²) in [4.78, 5) is 23.2. The normalized spacial score (nSPS) is 9.86. The molecule has 0 bridgehead atoms. The lowest BCUT2D eigenvalue weighted by Crippen LogP contribution is -2.05. The van der Waals surface area contributed by atoms with Crippen molar-refractivity contribution < 1.29 is 14.3 Å². The summed E-state index contributed by atoms with van der Waals surface area (Å²) in [6.45, 7) is 3.51. The highest BCUT2D eigenvalue weighted by atomic mass is 16.5. The van der Waals surface area contributed by atoms with Crippen molar-refractivity contribution >= 4 is 11.8 Å². The summed E-state index contributed by atoms with van der Waals surface area (Å²) in [6.07, 6.45) is 0. The summed E-state index contributed by atoms with van der Waals surface area (Å²) < 4.78 is 4.98. The van der Waals surface area contributed by atoms with E-state index in [-0.39, 0.29) is 12.4 Å². The first-order valence-corrected chi connectivity index (χ1v) is 6.89. The Bertz CT molecular complexity index is 755. The first kappa shape index (κ1) is 15.5. The molecule has 110 valence electrons. The van der Waals surface area contributed by atoms with Crippen LogP contribution in [0.5, 0.6) is 0 Å². The van der Waals surface area contributed by atoms with E-state index in [1.807, 2.05) is 6.07 Å². The van der Waals surface area contributed by atoms with Gasteiger partial charge >= 0.3 is 5.97 Å². The van der Waals surface area contributed by atoms with Crippen molar-refractivity contribution in [2.24, 2.45) is 0 Å². The minimum Gasteiger partial charge on any atom is -0.462 e. The molecule has 4 heteroatoms. The molecule has 0 aliphatic carbocycles. The van der Waals surface area contributed by atoms with Crippen LogP contribution in [0.15, 0.2) is 42.5 Å². The summed E-state index contributed by atoms with van der Waals surface area (Å²) >= 11 is 0. The Balaban J connectivity index is 2.46. The fourth-order valence-electron chi connectivity index (χ4n) is 2.09. The molecule has 0 amide bonds. The zero-order valence-electron chi connectivity index (χ0n) is 12.4. The lowest BCUT2D eigenvalue weighted by atomic mass is 9.98. The molecule has 2 aromatic rings. The molecule has 2 aromatic carbocycles. The smallest absolute Gasteiger partial charge is 0.338 e. The summed E-state index contributed by atoms with van der Waals surface area (Å²) in [5, 5.41) is 9.12. The van der Waals surface area contributed by atoms with Crippen molar-refractivity contribution in [3.8, 4) is 17.2 Å². The molecule has 0 aliphatic heterocycles. The summed E-state index contributed by atoms with van der Waals surface area (Å²) in [5.41, 5.74) is 2.90. The van der Waals surface area contributed by atoms with Crippen LogP contribution in [0.25, 0.3) is 11.1 Å². The van der Waals surface area contributed by atoms with Crippen molar-refractivity contribution in [3.63, 3.8) is 0 Å². The SMILES string of the molecule is CCOC(=O)c1cc(C#N)cc(-c2ccc(C(C)=O)cc2)c1. The molecule has 0 atom stereocenters. The Labute approximate surface area is 129 Å². The maximum atomic E-state index is 11.9. The number of carbonyl (C=O) groups is 2. The maximum absolute atomic E-state index is 11.9. The molecule has 0 aromatic heterocycles. The van der Waals surface area contributed by atoms with E-state index in [4.69, 9.17) is 10.00 Å². The Morgan fingerprint density at radius 1 is 1.05 bits per heavy atom. The Morgan fingerprint density at radius 2 is 1.73 bits per heavy atom. The number of carbonyl (C=O) groups excluding carboxylic acids is 2. The van der Waals surface area contributed by atoms with Crippen LogP contribution in [-0.4, -0.2) is 18.4 Å². The molecule has 0 heterocycles. The number of Topliss-reactive ketones (excluding diaryl/α,β-unsaturated/α-hetero) is 1. The average Bonchev–Trinajstić information content (AvgIpc) is 2.54. The first-order valence-electron chi connectivity index (χ1n) is 6.89. The molecule has 0 spiro atoms. The van der Waals surface area contributed by atoms with E-state index in [9.17, 15) is 9.59 Å². The van der Waals surface area contributed by atoms with Crippen molar-refractivity contribution in [2.45, 2.75) is 13.8 Å². The van der Waals surface area contributed by atoms with E-state index in [1.54, 1.807) is 43.3 Å². The fourth-order valence-corrected chi connectivity index (χ4v) is 2.09. The number of ketones is 1. The van der Waals surface area contributed by atoms with Gasteiger partial charge in [0.15, 0.2) is 5.78 Å². The molecule has 0 saturated heterocycles. The highest BCUT2D eigenvalue weighted by Crippen LogP contribution is 2.23. The predicted octanol–water partition coefficient (Wildman–Crippen LogP) is 3.60. The van der Waals surface area contributed by atoms with Gasteiger partial charge in [-0.1, -0.05) is 24.3 Å². The quantitative estimate of drug-likeness (QED) is 0.638. The first-order chi connectivity index (χ1) is 10.5. The number of hydrogen-bond donors (Lipinski definition) is 0. The van der Waals surface area contributed by atoms with Crippen LogP contribution in [0.4, 0.5) is 0 Å². The van der Waals surface area contributed by atoms with Crippen LogP contribution in [-0.2, 0) is 4.74 Å². The molecule has 4 nitrogen and oxygen atoms in total. The van der Waals surface area contributed by atoms with E-state index in [2.05, 4.69) is 0 Å². The van der Waals surface area contributed by atoms with Crippen LogP contribution in [0, 0.1) is 11.3 Å². The number of ether oxygens (including phenoxy) is 1. The zero-order valence-corrected chi connectivity index (χ0v) is 12.4. The molecule has 0 saturated carbocycles. The number of nitriles is 1. The van der Waals surface area contributed by atoms with Crippen molar-refractivity contribution in [1.82, 2.24) is 0 Å². The minimum atomic E-state index is -0.457. The van der Waals surface area contributed by atoms with Crippen LogP contribution >= 0.6 is 0 Å². The third-order valence-corrected chi connectivity index (χ3v) is 3.20. The van der Waals surface area contributed by atoms with Gasteiger partial charge in [0.1, 0.15) is 0 Å². The molecule has 2 rings (SSSR count). The van der Waals surface area contributed by atoms with Gasteiger partial charge < -0.3 is 4.74 Å². The number of rotatable bonds is 4. The third kappa shape index (κ3) is 3.39. The average molecular weight is 293 g/mol. The highest BCUT2D eigenvalue weighted by molar-refractivity contribution is 5.95. The maximum Gasteiger partial charge on any atom is 0.338 e. The van der Waals surface area contributed by atoms with Crippen LogP contribution < -0.4 is 0 Å². The van der Waals surface area contributed by atoms with Gasteiger partial charge in [0.2, 0.25) is 0 Å². The summed E-state index contributed by atoms with van der Waals surface area (Å²) in [7, 11) is 0. The van der Waals surface area contributed by atoms with E-state index in [1.165, 1.54) is 13.0 Å². The van der Waals surface area contributed by atoms with Gasteiger partial charge in [0.25, 0.3) is 0 Å². The van der Waals surface area contributed by atoms with E-state index in [0.29, 0.717) is 16.7 Å². The minimum absolute atomic E-state index is 0.00969. The van der Waals surface area contributed by atoms with E-state index < -0.39 is 5.97 Å². The second-order valence-corrected chi connectivity index (χ2v) is 4.76. The number of esters is 1. The van der Waals surface area contributed by atoms with Gasteiger partial charge in [-0.15, -0.1) is 0 Å². The highest BCUT2D eigenvalue weighted by Gasteiger charge is 2.11. The molecule has 0 fully saturated rings. The molecular weight excluding hydrogens is 278 g/mol. The number of hydrogen-bond acceptors (Lipinski definition) is 4. The summed E-state index contributed by atoms with van der Waals surface area (Å²) in [6, 6.07) is 14.0. The fraction of sp³-hybridized carbons (Fsp3) is 0.167. The lowest BCUT2D eigenvalue weighted by Gasteiger charge is -2.07. The largest absolute Gasteiger partial charge is 0.462 e. The molecule has 0 radical (unpaired) electrons. The lowest BCUT2D eigenvalue weighted by molar-refractivity contribution is 0.0526. The predicted molar refractivity (Wildman–Crippen MR) is 82.6 cm³/mol. The van der Waals surface area contributed by atoms with Gasteiger partial charge in [-0.2, -0.15) is 5.26 Å². The van der Waals surface area contributed by atoms with Gasteiger partial charge in [-0.25, -0.2) is 4.79 Å². The molecule has 0 unspecified atom stereocenters. The third-order valence-electron chi connectivity index (χ3n) is 3.20.